The van der Waals surface area contributed by atoms with Crippen molar-refractivity contribution in [2.75, 3.05) is 20.8 Å². The van der Waals surface area contributed by atoms with Crippen LogP contribution in [0.15, 0.2) is 46.8 Å². The molecular weight excluding hydrogens is 662 g/mol. The third-order valence-electron chi connectivity index (χ3n) is 9.94. The molecule has 11 atom stereocenters. The highest BCUT2D eigenvalue weighted by molar-refractivity contribution is 7.08. The van der Waals surface area contributed by atoms with Crippen LogP contribution in [0.3, 0.4) is 0 Å². The van der Waals surface area contributed by atoms with Crippen LogP contribution in [0.5, 0.6) is 0 Å². The van der Waals surface area contributed by atoms with Gasteiger partial charge in [0.05, 0.1) is 31.4 Å². The van der Waals surface area contributed by atoms with Gasteiger partial charge in [0.2, 0.25) is 0 Å². The normalized spacial score (nSPS) is 35.3. The molecule has 4 rings (SSSR count). The molecule has 278 valence electrons. The average Bonchev–Trinajstić information content (AvgIpc) is 3.80. The minimum Gasteiger partial charge on any atom is -0.462 e. The standard InChI is InChI=1S/C37H55N3O9S/c1-8-32-28(20-47-37-36(46-7)35(45-6)34(44)25(5)48-37)15-22(2)9-10-30(41)23(3)16-26(17-24(4)31(42)18-33(43)49-32)11-13-40-19-29(38-39-40)27-12-14-50-21-27/h9-10,12,14-15,19,21,23-26,28,31-32,34-37,42,44H,8,11,13,16-18,20H2,1-7H3/b10-9+,22-15+/t23-,24-,25?,26+,28-,31-,32-,34?,35?,36?,37?/m1/s1. The molecule has 0 saturated carbocycles. The molecule has 2 aromatic rings. The smallest absolute Gasteiger partial charge is 0.308 e. The fourth-order valence-electron chi connectivity index (χ4n) is 6.84. The number of thiophene rings is 1. The van der Waals surface area contributed by atoms with Gasteiger partial charge in [-0.2, -0.15) is 11.3 Å². The van der Waals surface area contributed by atoms with E-state index in [-0.39, 0.29) is 36.6 Å². The number of ether oxygens (including phenoxy) is 5. The zero-order chi connectivity index (χ0) is 36.4. The number of aryl methyl sites for hydroxylation is 1. The predicted molar refractivity (Wildman–Crippen MR) is 189 cm³/mol. The van der Waals surface area contributed by atoms with Gasteiger partial charge in [-0.1, -0.05) is 43.7 Å². The van der Waals surface area contributed by atoms with Gasteiger partial charge in [0, 0.05) is 43.5 Å². The number of ketones is 1. The topological polar surface area (TPSA) is 151 Å². The molecule has 2 aliphatic heterocycles. The van der Waals surface area contributed by atoms with Crippen LogP contribution in [0, 0.1) is 23.7 Å². The number of aliphatic hydroxyl groups is 2. The van der Waals surface area contributed by atoms with Crippen molar-refractivity contribution in [3.8, 4) is 11.3 Å². The average molecular weight is 718 g/mol. The third kappa shape index (κ3) is 10.9. The lowest BCUT2D eigenvalue weighted by Gasteiger charge is -2.42. The number of hydrogen-bond donors (Lipinski definition) is 2. The number of nitrogens with zero attached hydrogens (tertiary/aromatic N) is 3. The molecule has 12 nitrogen and oxygen atoms in total. The molecular formula is C37H55N3O9S. The molecule has 0 amide bonds. The number of carbonyl (C=O) groups is 2. The van der Waals surface area contributed by atoms with Gasteiger partial charge in [-0.25, -0.2) is 0 Å². The van der Waals surface area contributed by atoms with Crippen LogP contribution in [0.1, 0.15) is 66.7 Å². The predicted octanol–water partition coefficient (Wildman–Crippen LogP) is 4.99. The Morgan fingerprint density at radius 1 is 1.08 bits per heavy atom. The van der Waals surface area contributed by atoms with E-state index in [1.807, 2.05) is 61.5 Å². The van der Waals surface area contributed by atoms with Crippen LogP contribution in [0.25, 0.3) is 11.3 Å². The molecule has 2 N–H and O–H groups in total. The second-order valence-electron chi connectivity index (χ2n) is 13.8. The minimum absolute atomic E-state index is 0.0199. The highest BCUT2D eigenvalue weighted by Gasteiger charge is 2.45. The van der Waals surface area contributed by atoms with Gasteiger partial charge in [0.25, 0.3) is 0 Å². The van der Waals surface area contributed by atoms with E-state index >= 15 is 0 Å². The van der Waals surface area contributed by atoms with Gasteiger partial charge >= 0.3 is 5.97 Å². The largest absolute Gasteiger partial charge is 0.462 e. The first-order valence-electron chi connectivity index (χ1n) is 17.6. The summed E-state index contributed by atoms with van der Waals surface area (Å²) in [5.74, 6) is -1.23. The summed E-state index contributed by atoms with van der Waals surface area (Å²) >= 11 is 1.61. The number of rotatable bonds is 10. The van der Waals surface area contributed by atoms with E-state index in [4.69, 9.17) is 23.7 Å². The van der Waals surface area contributed by atoms with Crippen LogP contribution in [0.2, 0.25) is 0 Å². The summed E-state index contributed by atoms with van der Waals surface area (Å²) in [4.78, 5) is 26.6. The summed E-state index contributed by atoms with van der Waals surface area (Å²) in [7, 11) is 3.00. The van der Waals surface area contributed by atoms with E-state index < -0.39 is 54.8 Å². The summed E-state index contributed by atoms with van der Waals surface area (Å²) in [6.07, 6.45) is 4.48. The molecule has 2 aromatic heterocycles. The fourth-order valence-corrected chi connectivity index (χ4v) is 7.49. The fraction of sp³-hybridized carbons (Fsp3) is 0.676. The first-order valence-corrected chi connectivity index (χ1v) is 18.6. The lowest BCUT2D eigenvalue weighted by atomic mass is 9.82. The van der Waals surface area contributed by atoms with Crippen molar-refractivity contribution in [1.29, 1.82) is 0 Å². The van der Waals surface area contributed by atoms with Crippen molar-refractivity contribution in [3.63, 3.8) is 0 Å². The van der Waals surface area contributed by atoms with E-state index in [0.29, 0.717) is 25.8 Å². The number of allylic oxidation sites excluding steroid dienone is 3. The lowest BCUT2D eigenvalue weighted by Crippen LogP contribution is -2.59. The number of aliphatic hydroxyl groups excluding tert-OH is 2. The van der Waals surface area contributed by atoms with Crippen molar-refractivity contribution in [1.82, 2.24) is 15.0 Å². The summed E-state index contributed by atoms with van der Waals surface area (Å²) in [6.45, 7) is 10.2. The zero-order valence-electron chi connectivity index (χ0n) is 30.3. The maximum atomic E-state index is 13.4. The maximum absolute atomic E-state index is 13.4. The molecule has 0 aromatic carbocycles. The van der Waals surface area contributed by atoms with Crippen LogP contribution >= 0.6 is 11.3 Å². The van der Waals surface area contributed by atoms with Crippen molar-refractivity contribution in [2.45, 2.75) is 116 Å². The Labute approximate surface area is 299 Å². The Morgan fingerprint density at radius 2 is 1.84 bits per heavy atom. The Bertz CT molecular complexity index is 1410. The van der Waals surface area contributed by atoms with Gasteiger partial charge in [-0.05, 0) is 68.9 Å². The summed E-state index contributed by atoms with van der Waals surface area (Å²) in [5, 5.41) is 34.4. The number of carbonyl (C=O) groups excluding carboxylic acids is 2. The SMILES string of the molecule is CC[C@H]1OC(=O)C[C@@H](O)[C@H](C)C[C@@H](CCn2cc(-c3ccsc3)nn2)C[C@@H](C)C(=O)/C=C/C(C)=C/[C@@H]1COC1OC(C)C(O)C(OC)C1OC. The number of hydrogen-bond acceptors (Lipinski definition) is 12. The molecule has 2 aliphatic rings. The Balaban J connectivity index is 1.51. The first kappa shape index (κ1) is 40.0. The van der Waals surface area contributed by atoms with Crippen molar-refractivity contribution >= 4 is 23.1 Å². The van der Waals surface area contributed by atoms with E-state index in [2.05, 4.69) is 10.3 Å². The zero-order valence-corrected chi connectivity index (χ0v) is 31.2. The number of esters is 1. The second kappa shape index (κ2) is 19.2. The van der Waals surface area contributed by atoms with E-state index in [0.717, 1.165) is 23.3 Å². The summed E-state index contributed by atoms with van der Waals surface area (Å²) in [6, 6.07) is 2.01. The minimum atomic E-state index is -0.915. The molecule has 0 radical (unpaired) electrons. The molecule has 13 heteroatoms. The lowest BCUT2D eigenvalue weighted by molar-refractivity contribution is -0.304. The van der Waals surface area contributed by atoms with Gasteiger partial charge < -0.3 is 33.9 Å². The van der Waals surface area contributed by atoms with E-state index in [1.54, 1.807) is 30.4 Å². The van der Waals surface area contributed by atoms with E-state index in [9.17, 15) is 19.8 Å². The van der Waals surface area contributed by atoms with Crippen LogP contribution < -0.4 is 0 Å². The summed E-state index contributed by atoms with van der Waals surface area (Å²) in [5.41, 5.74) is 2.66. The van der Waals surface area contributed by atoms with Gasteiger partial charge in [-0.3, -0.25) is 14.3 Å². The van der Waals surface area contributed by atoms with Crippen molar-refractivity contribution in [3.05, 3.63) is 46.8 Å². The Morgan fingerprint density at radius 3 is 2.52 bits per heavy atom. The van der Waals surface area contributed by atoms with Gasteiger partial charge in [-0.15, -0.1) is 5.10 Å². The van der Waals surface area contributed by atoms with Crippen molar-refractivity contribution < 1.29 is 43.5 Å². The molecule has 0 bridgehead atoms. The number of aromatic nitrogens is 3. The highest BCUT2D eigenvalue weighted by atomic mass is 32.1. The molecule has 0 aliphatic carbocycles. The molecule has 50 heavy (non-hydrogen) atoms. The quantitative estimate of drug-likeness (QED) is 0.320. The molecule has 4 heterocycles. The van der Waals surface area contributed by atoms with Crippen LogP contribution in [-0.4, -0.2) is 101 Å². The Kier molecular flexibility index (Phi) is 15.3. The third-order valence-corrected chi connectivity index (χ3v) is 10.6. The van der Waals surface area contributed by atoms with Crippen LogP contribution in [-0.2, 0) is 39.8 Å². The maximum Gasteiger partial charge on any atom is 0.308 e. The van der Waals surface area contributed by atoms with Gasteiger partial charge in [0.15, 0.2) is 12.1 Å². The van der Waals surface area contributed by atoms with E-state index in [1.165, 1.54) is 14.2 Å². The van der Waals surface area contributed by atoms with Crippen molar-refractivity contribution in [2.24, 2.45) is 23.7 Å². The monoisotopic (exact) mass is 717 g/mol. The van der Waals surface area contributed by atoms with Crippen LogP contribution in [0.4, 0.5) is 0 Å². The molecule has 1 saturated heterocycles. The van der Waals surface area contributed by atoms with Gasteiger partial charge in [0.1, 0.15) is 30.1 Å². The number of cyclic esters (lactones) is 1. The number of methoxy groups -OCH3 is 2. The molecule has 1 fully saturated rings. The first-order chi connectivity index (χ1) is 23.9. The summed E-state index contributed by atoms with van der Waals surface area (Å²) < 4.78 is 31.1. The molecule has 5 unspecified atom stereocenters. The second-order valence-corrected chi connectivity index (χ2v) is 14.6. The Hall–Kier alpha value is -2.78. The highest BCUT2D eigenvalue weighted by Crippen LogP contribution is 2.30. The molecule has 0 spiro atoms.